The largest absolute Gasteiger partial charge is 0.348 e. The Balaban J connectivity index is 2.77. The van der Waals surface area contributed by atoms with E-state index in [1.165, 1.54) is 0 Å². The Hall–Kier alpha value is 0.380. The van der Waals surface area contributed by atoms with Crippen LogP contribution in [0.15, 0.2) is 22.7 Å². The molecule has 0 aliphatic heterocycles. The van der Waals surface area contributed by atoms with E-state index in [1.54, 1.807) is 0 Å². The van der Waals surface area contributed by atoms with Gasteiger partial charge in [0.2, 0.25) is 0 Å². The van der Waals surface area contributed by atoms with Crippen LogP contribution in [0.25, 0.3) is 0 Å². The molecule has 100 valence electrons. The average molecular weight is 489 g/mol. The Labute approximate surface area is 139 Å². The van der Waals surface area contributed by atoms with Crippen LogP contribution >= 0.6 is 54.5 Å². The molecule has 0 aliphatic carbocycles. The van der Waals surface area contributed by atoms with Crippen LogP contribution in [-0.2, 0) is 0 Å². The molecule has 5 heteroatoms. The van der Waals surface area contributed by atoms with Crippen LogP contribution in [0.4, 0.5) is 0 Å². The third kappa shape index (κ3) is 5.17. The van der Waals surface area contributed by atoms with Crippen molar-refractivity contribution >= 4 is 60.4 Å². The molecule has 0 aromatic heterocycles. The molecule has 0 saturated heterocycles. The highest BCUT2D eigenvalue weighted by Crippen LogP contribution is 2.19. The second-order valence-corrected chi connectivity index (χ2v) is 7.30. The van der Waals surface area contributed by atoms with E-state index in [-0.39, 0.29) is 11.9 Å². The van der Waals surface area contributed by atoms with Crippen molar-refractivity contribution in [1.82, 2.24) is 5.32 Å². The Kier molecular flexibility index (Phi) is 7.16. The highest BCUT2D eigenvalue weighted by Gasteiger charge is 2.16. The standard InChI is InChI=1S/C13H16Br2INO/c1-8(2)5-10(7-14)17-13(18)11-6-9(15)3-4-12(11)16/h3-4,6,8,10H,5,7H2,1-2H3,(H,17,18). The topological polar surface area (TPSA) is 29.1 Å². The van der Waals surface area contributed by atoms with Crippen LogP contribution in [0.1, 0.15) is 30.6 Å². The smallest absolute Gasteiger partial charge is 0.252 e. The lowest BCUT2D eigenvalue weighted by Gasteiger charge is -2.18. The summed E-state index contributed by atoms with van der Waals surface area (Å²) in [5, 5.41) is 3.85. The number of alkyl halides is 1. The van der Waals surface area contributed by atoms with E-state index >= 15 is 0 Å². The van der Waals surface area contributed by atoms with Crippen LogP contribution in [0.3, 0.4) is 0 Å². The van der Waals surface area contributed by atoms with Gasteiger partial charge in [0.15, 0.2) is 0 Å². The van der Waals surface area contributed by atoms with Crippen LogP contribution in [0.5, 0.6) is 0 Å². The quantitative estimate of drug-likeness (QED) is 0.476. The van der Waals surface area contributed by atoms with Gasteiger partial charge in [0.25, 0.3) is 5.91 Å². The van der Waals surface area contributed by atoms with Crippen molar-refractivity contribution in [2.75, 3.05) is 5.33 Å². The van der Waals surface area contributed by atoms with Gasteiger partial charge in [-0.05, 0) is 53.1 Å². The Bertz CT molecular complexity index is 423. The van der Waals surface area contributed by atoms with Gasteiger partial charge in [0.1, 0.15) is 0 Å². The number of amides is 1. The SMILES string of the molecule is CC(C)CC(CBr)NC(=O)c1cc(Br)ccc1I. The predicted octanol–water partition coefficient (Wildman–Crippen LogP) is 4.59. The monoisotopic (exact) mass is 487 g/mol. The minimum absolute atomic E-state index is 0.00852. The summed E-state index contributed by atoms with van der Waals surface area (Å²) < 4.78 is 1.89. The highest BCUT2D eigenvalue weighted by atomic mass is 127. The molecule has 18 heavy (non-hydrogen) atoms. The van der Waals surface area contributed by atoms with Crippen molar-refractivity contribution in [2.45, 2.75) is 26.3 Å². The first kappa shape index (κ1) is 16.4. The molecular weight excluding hydrogens is 473 g/mol. The van der Waals surface area contributed by atoms with Crippen molar-refractivity contribution in [1.29, 1.82) is 0 Å². The summed E-state index contributed by atoms with van der Waals surface area (Å²) in [5.41, 5.74) is 0.722. The van der Waals surface area contributed by atoms with E-state index in [2.05, 4.69) is 73.6 Å². The second-order valence-electron chi connectivity index (χ2n) is 4.58. The van der Waals surface area contributed by atoms with E-state index in [9.17, 15) is 4.79 Å². The zero-order valence-electron chi connectivity index (χ0n) is 10.3. The Morgan fingerprint density at radius 2 is 2.11 bits per heavy atom. The van der Waals surface area contributed by atoms with Crippen molar-refractivity contribution < 1.29 is 4.79 Å². The number of hydrogen-bond acceptors (Lipinski definition) is 1. The molecule has 0 spiro atoms. The average Bonchev–Trinajstić information content (AvgIpc) is 2.30. The number of hydrogen-bond donors (Lipinski definition) is 1. The van der Waals surface area contributed by atoms with E-state index in [0.29, 0.717) is 5.92 Å². The zero-order chi connectivity index (χ0) is 13.7. The third-order valence-corrected chi connectivity index (χ3v) is 4.67. The Morgan fingerprint density at radius 3 is 2.67 bits per heavy atom. The van der Waals surface area contributed by atoms with Gasteiger partial charge < -0.3 is 5.32 Å². The van der Waals surface area contributed by atoms with Crippen LogP contribution in [0.2, 0.25) is 0 Å². The molecule has 1 aromatic rings. The fraction of sp³-hybridized carbons (Fsp3) is 0.462. The number of rotatable bonds is 5. The lowest BCUT2D eigenvalue weighted by molar-refractivity contribution is 0.0936. The van der Waals surface area contributed by atoms with E-state index in [1.807, 2.05) is 18.2 Å². The molecule has 0 bridgehead atoms. The van der Waals surface area contributed by atoms with E-state index in [0.717, 1.165) is 25.4 Å². The Morgan fingerprint density at radius 1 is 1.44 bits per heavy atom. The lowest BCUT2D eigenvalue weighted by Crippen LogP contribution is -2.37. The van der Waals surface area contributed by atoms with Gasteiger partial charge >= 0.3 is 0 Å². The summed E-state index contributed by atoms with van der Waals surface area (Å²) in [6.07, 6.45) is 0.974. The van der Waals surface area contributed by atoms with E-state index in [4.69, 9.17) is 0 Å². The van der Waals surface area contributed by atoms with Crippen LogP contribution < -0.4 is 5.32 Å². The van der Waals surface area contributed by atoms with Gasteiger partial charge in [-0.2, -0.15) is 0 Å². The third-order valence-electron chi connectivity index (χ3n) is 2.45. The first-order valence-corrected chi connectivity index (χ1v) is 8.75. The fourth-order valence-corrected chi connectivity index (χ4v) is 3.03. The maximum absolute atomic E-state index is 12.2. The fourth-order valence-electron chi connectivity index (χ4n) is 1.66. The minimum atomic E-state index is -0.00852. The first-order chi connectivity index (χ1) is 8.43. The molecule has 0 fully saturated rings. The van der Waals surface area contributed by atoms with Crippen molar-refractivity contribution in [3.63, 3.8) is 0 Å². The van der Waals surface area contributed by atoms with Gasteiger partial charge in [0, 0.05) is 19.4 Å². The maximum atomic E-state index is 12.2. The van der Waals surface area contributed by atoms with Crippen molar-refractivity contribution in [3.05, 3.63) is 31.8 Å². The highest BCUT2D eigenvalue weighted by molar-refractivity contribution is 14.1. The minimum Gasteiger partial charge on any atom is -0.348 e. The number of carbonyl (C=O) groups excluding carboxylic acids is 1. The predicted molar refractivity (Wildman–Crippen MR) is 91.4 cm³/mol. The number of halogens is 3. The molecule has 1 aromatic carbocycles. The summed E-state index contributed by atoms with van der Waals surface area (Å²) in [7, 11) is 0. The summed E-state index contributed by atoms with van der Waals surface area (Å²) >= 11 is 9.03. The normalized spacial score (nSPS) is 12.6. The van der Waals surface area contributed by atoms with Gasteiger partial charge in [0.05, 0.1) is 5.56 Å². The van der Waals surface area contributed by atoms with Gasteiger partial charge in [-0.25, -0.2) is 0 Å². The van der Waals surface area contributed by atoms with Gasteiger partial charge in [-0.3, -0.25) is 4.79 Å². The molecule has 2 nitrogen and oxygen atoms in total. The molecule has 1 N–H and O–H groups in total. The van der Waals surface area contributed by atoms with Crippen LogP contribution in [-0.4, -0.2) is 17.3 Å². The summed E-state index contributed by atoms with van der Waals surface area (Å²) in [6.45, 7) is 4.31. The van der Waals surface area contributed by atoms with Crippen molar-refractivity contribution in [2.24, 2.45) is 5.92 Å². The number of benzene rings is 1. The number of nitrogens with one attached hydrogen (secondary N) is 1. The molecular formula is C13H16Br2INO. The molecule has 1 rings (SSSR count). The van der Waals surface area contributed by atoms with Gasteiger partial charge in [-0.1, -0.05) is 45.7 Å². The summed E-state index contributed by atoms with van der Waals surface area (Å²) in [6, 6.07) is 5.91. The number of carbonyl (C=O) groups is 1. The van der Waals surface area contributed by atoms with E-state index < -0.39 is 0 Å². The van der Waals surface area contributed by atoms with Gasteiger partial charge in [-0.15, -0.1) is 0 Å². The molecule has 0 heterocycles. The molecule has 0 radical (unpaired) electrons. The zero-order valence-corrected chi connectivity index (χ0v) is 15.7. The van der Waals surface area contributed by atoms with Crippen molar-refractivity contribution in [3.8, 4) is 0 Å². The molecule has 0 saturated carbocycles. The van der Waals surface area contributed by atoms with Crippen LogP contribution in [0, 0.1) is 9.49 Å². The summed E-state index contributed by atoms with van der Waals surface area (Å²) in [5.74, 6) is 0.556. The summed E-state index contributed by atoms with van der Waals surface area (Å²) in [4.78, 5) is 12.2. The molecule has 1 unspecified atom stereocenters. The molecule has 1 atom stereocenters. The molecule has 1 amide bonds. The second kappa shape index (κ2) is 7.85. The lowest BCUT2D eigenvalue weighted by atomic mass is 10.0. The first-order valence-electron chi connectivity index (χ1n) is 5.76. The maximum Gasteiger partial charge on any atom is 0.252 e. The molecule has 0 aliphatic rings.